The normalized spacial score (nSPS) is 49.2. The Morgan fingerprint density at radius 3 is 3.00 bits per heavy atom. The van der Waals surface area contributed by atoms with Crippen LogP contribution in [0.1, 0.15) is 14.7 Å². The van der Waals surface area contributed by atoms with Crippen molar-refractivity contribution in [3.63, 3.8) is 0 Å². The topological polar surface area (TPSA) is 9.23 Å². The summed E-state index contributed by atoms with van der Waals surface area (Å²) >= 11 is 0. The van der Waals surface area contributed by atoms with Gasteiger partial charge in [0.15, 0.2) is 0 Å². The van der Waals surface area contributed by atoms with Gasteiger partial charge >= 0.3 is 0 Å². The van der Waals surface area contributed by atoms with Crippen LogP contribution in [0.5, 0.6) is 0 Å². The molecule has 1 heteroatoms. The highest BCUT2D eigenvalue weighted by Crippen LogP contribution is 2.09. The third-order valence-electron chi connectivity index (χ3n) is 1.02. The predicted octanol–water partition coefficient (Wildman–Crippen LogP) is 1.04. The van der Waals surface area contributed by atoms with Gasteiger partial charge in [-0.2, -0.15) is 0 Å². The molecular formula is C5H10O. The fraction of sp³-hybridized carbons (Fsp3) is 1.00. The first kappa shape index (κ1) is 3.03. The van der Waals surface area contributed by atoms with Crippen molar-refractivity contribution in [1.82, 2.24) is 0 Å². The van der Waals surface area contributed by atoms with Crippen LogP contribution in [0, 0.1) is 5.89 Å². The maximum atomic E-state index is 7.36. The summed E-state index contributed by atoms with van der Waals surface area (Å²) in [5.74, 6) is -0.278. The summed E-state index contributed by atoms with van der Waals surface area (Å²) in [4.78, 5) is 0. The van der Waals surface area contributed by atoms with Crippen LogP contribution in [0.3, 0.4) is 0 Å². The lowest BCUT2D eigenvalue weighted by molar-refractivity contribution is 0.188. The standard InChI is InChI=1S/C5H10O/c1-5-2-3-6-4-5/h5H,2-4H2,1H3/i5D. The molecule has 1 atom stereocenters. The van der Waals surface area contributed by atoms with E-state index in [9.17, 15) is 0 Å². The molecule has 0 spiro atoms. The molecule has 1 heterocycles. The van der Waals surface area contributed by atoms with Gasteiger partial charge in [-0.05, 0) is 12.3 Å². The van der Waals surface area contributed by atoms with Crippen molar-refractivity contribution in [1.29, 1.82) is 0 Å². The molecule has 0 aromatic heterocycles. The Hall–Kier alpha value is -0.0400. The van der Waals surface area contributed by atoms with Gasteiger partial charge in [-0.15, -0.1) is 0 Å². The lowest BCUT2D eigenvalue weighted by Crippen LogP contribution is -1.88. The lowest BCUT2D eigenvalue weighted by atomic mass is 10.2. The van der Waals surface area contributed by atoms with E-state index in [0.29, 0.717) is 6.61 Å². The molecule has 0 aromatic rings. The van der Waals surface area contributed by atoms with Crippen molar-refractivity contribution >= 4 is 0 Å². The number of hydrogen-bond donors (Lipinski definition) is 0. The van der Waals surface area contributed by atoms with Gasteiger partial charge in [-0.25, -0.2) is 0 Å². The van der Waals surface area contributed by atoms with Crippen LogP contribution in [-0.4, -0.2) is 13.2 Å². The summed E-state index contributed by atoms with van der Waals surface area (Å²) in [6, 6.07) is 0. The Kier molecular flexibility index (Phi) is 0.810. The molecule has 0 N–H and O–H groups in total. The van der Waals surface area contributed by atoms with Crippen LogP contribution in [0.4, 0.5) is 0 Å². The minimum atomic E-state index is -0.278. The summed E-state index contributed by atoms with van der Waals surface area (Å²) in [5.41, 5.74) is 0. The summed E-state index contributed by atoms with van der Waals surface area (Å²) in [6.07, 6.45) is 0.896. The number of hydrogen-bond acceptors (Lipinski definition) is 1. The molecule has 1 rings (SSSR count). The van der Waals surface area contributed by atoms with Crippen LogP contribution in [-0.2, 0) is 4.74 Å². The molecule has 0 saturated carbocycles. The Bertz CT molecular complexity index is 62.5. The fourth-order valence-corrected chi connectivity index (χ4v) is 0.565. The Morgan fingerprint density at radius 2 is 2.83 bits per heavy atom. The molecule has 0 radical (unpaired) electrons. The van der Waals surface area contributed by atoms with Crippen molar-refractivity contribution in [3.05, 3.63) is 0 Å². The quantitative estimate of drug-likeness (QED) is 0.429. The Balaban J connectivity index is 2.40. The largest absolute Gasteiger partial charge is 0.381 e. The first-order valence-electron chi connectivity index (χ1n) is 2.78. The zero-order valence-electron chi connectivity index (χ0n) is 5.03. The first-order valence-corrected chi connectivity index (χ1v) is 2.28. The molecular weight excluding hydrogens is 76.1 g/mol. The molecule has 1 unspecified atom stereocenters. The van der Waals surface area contributed by atoms with E-state index in [1.807, 2.05) is 6.92 Å². The van der Waals surface area contributed by atoms with Gasteiger partial charge in [0.1, 0.15) is 0 Å². The maximum absolute atomic E-state index is 7.36. The third-order valence-corrected chi connectivity index (χ3v) is 1.02. The highest BCUT2D eigenvalue weighted by atomic mass is 16.5. The van der Waals surface area contributed by atoms with E-state index in [2.05, 4.69) is 0 Å². The van der Waals surface area contributed by atoms with Crippen LogP contribution < -0.4 is 0 Å². The number of ether oxygens (including phenoxy) is 1. The molecule has 0 amide bonds. The van der Waals surface area contributed by atoms with E-state index in [1.165, 1.54) is 0 Å². The van der Waals surface area contributed by atoms with Crippen molar-refractivity contribution in [3.8, 4) is 0 Å². The molecule has 0 bridgehead atoms. The predicted molar refractivity (Wildman–Crippen MR) is 24.6 cm³/mol. The smallest absolute Gasteiger partial charge is 0.0492 e. The Labute approximate surface area is 39.7 Å². The van der Waals surface area contributed by atoms with Crippen molar-refractivity contribution in [2.45, 2.75) is 13.3 Å². The van der Waals surface area contributed by atoms with E-state index in [1.54, 1.807) is 0 Å². The summed E-state index contributed by atoms with van der Waals surface area (Å²) in [6.45, 7) is 3.30. The monoisotopic (exact) mass is 87.1 g/mol. The molecule has 1 saturated heterocycles. The molecule has 0 aliphatic carbocycles. The first-order chi connectivity index (χ1) is 3.21. The fourth-order valence-electron chi connectivity index (χ4n) is 0.565. The zero-order valence-corrected chi connectivity index (χ0v) is 4.03. The van der Waals surface area contributed by atoms with E-state index >= 15 is 0 Å². The molecule has 1 nitrogen and oxygen atoms in total. The van der Waals surface area contributed by atoms with Crippen LogP contribution in [0.25, 0.3) is 0 Å². The van der Waals surface area contributed by atoms with E-state index in [4.69, 9.17) is 6.11 Å². The average Bonchev–Trinajstić information content (AvgIpc) is 1.84. The summed E-state index contributed by atoms with van der Waals surface area (Å²) < 4.78 is 12.3. The van der Waals surface area contributed by atoms with Gasteiger partial charge in [-0.1, -0.05) is 6.92 Å². The SMILES string of the molecule is [2H]C1(C)CCOC1. The maximum Gasteiger partial charge on any atom is 0.0492 e. The summed E-state index contributed by atoms with van der Waals surface area (Å²) in [5, 5.41) is 0. The second-order valence-electron chi connectivity index (χ2n) is 1.76. The highest BCUT2D eigenvalue weighted by Gasteiger charge is 2.07. The van der Waals surface area contributed by atoms with Crippen molar-refractivity contribution < 1.29 is 6.11 Å². The van der Waals surface area contributed by atoms with Gasteiger partial charge in [0, 0.05) is 14.6 Å². The molecule has 1 aliphatic heterocycles. The molecule has 1 fully saturated rings. The zero-order chi connectivity index (χ0) is 5.33. The van der Waals surface area contributed by atoms with E-state index in [-0.39, 0.29) is 5.89 Å². The van der Waals surface area contributed by atoms with Crippen molar-refractivity contribution in [2.75, 3.05) is 13.2 Å². The molecule has 6 heavy (non-hydrogen) atoms. The van der Waals surface area contributed by atoms with Gasteiger partial charge in [0.05, 0.1) is 0 Å². The van der Waals surface area contributed by atoms with Gasteiger partial charge in [0.25, 0.3) is 0 Å². The minimum absolute atomic E-state index is 0.278. The second kappa shape index (κ2) is 1.61. The van der Waals surface area contributed by atoms with E-state index < -0.39 is 0 Å². The Morgan fingerprint density at radius 1 is 2.00 bits per heavy atom. The second-order valence-corrected chi connectivity index (χ2v) is 1.76. The molecule has 0 aromatic carbocycles. The van der Waals surface area contributed by atoms with Crippen LogP contribution in [0.15, 0.2) is 0 Å². The van der Waals surface area contributed by atoms with Crippen LogP contribution in [0.2, 0.25) is 0 Å². The van der Waals surface area contributed by atoms with Crippen molar-refractivity contribution in [2.24, 2.45) is 5.89 Å². The number of rotatable bonds is 0. The lowest BCUT2D eigenvalue weighted by Gasteiger charge is -1.89. The van der Waals surface area contributed by atoms with Gasteiger partial charge in [-0.3, -0.25) is 0 Å². The third kappa shape index (κ3) is 0.716. The molecule has 1 aliphatic rings. The highest BCUT2D eigenvalue weighted by molar-refractivity contribution is 4.55. The van der Waals surface area contributed by atoms with E-state index in [0.717, 1.165) is 13.0 Å². The summed E-state index contributed by atoms with van der Waals surface area (Å²) in [7, 11) is 0. The van der Waals surface area contributed by atoms with Crippen LogP contribution >= 0.6 is 0 Å². The average molecular weight is 87.1 g/mol. The molecule has 36 valence electrons. The van der Waals surface area contributed by atoms with Gasteiger partial charge in [0.2, 0.25) is 0 Å². The minimum Gasteiger partial charge on any atom is -0.381 e. The van der Waals surface area contributed by atoms with Gasteiger partial charge < -0.3 is 4.74 Å².